The van der Waals surface area contributed by atoms with Gasteiger partial charge < -0.3 is 9.47 Å². The molecular formula is C15H22O2. The summed E-state index contributed by atoms with van der Waals surface area (Å²) in [4.78, 5) is 0. The molecule has 0 amide bonds. The van der Waals surface area contributed by atoms with E-state index >= 15 is 0 Å². The number of hydrogen-bond acceptors (Lipinski definition) is 2. The number of epoxide rings is 1. The largest absolute Gasteiger partial charge is 0.370 e. The Morgan fingerprint density at radius 1 is 1.35 bits per heavy atom. The van der Waals surface area contributed by atoms with Crippen LogP contribution in [0.2, 0.25) is 0 Å². The lowest BCUT2D eigenvalue weighted by molar-refractivity contribution is -0.0331. The van der Waals surface area contributed by atoms with Gasteiger partial charge in [-0.15, -0.1) is 0 Å². The third-order valence-corrected chi connectivity index (χ3v) is 6.33. The van der Waals surface area contributed by atoms with Gasteiger partial charge in [-0.05, 0) is 30.3 Å². The average Bonchev–Trinajstić information content (AvgIpc) is 2.99. The second kappa shape index (κ2) is 2.97. The summed E-state index contributed by atoms with van der Waals surface area (Å²) in [5.74, 6) is 1.57. The minimum Gasteiger partial charge on any atom is -0.370 e. The third kappa shape index (κ3) is 1.01. The Hall–Kier alpha value is -0.340. The van der Waals surface area contributed by atoms with E-state index in [0.717, 1.165) is 18.4 Å². The Bertz CT molecular complexity index is 390. The second-order valence-electron chi connectivity index (χ2n) is 6.82. The second-order valence-corrected chi connectivity index (χ2v) is 6.82. The molecule has 0 aromatic carbocycles. The van der Waals surface area contributed by atoms with E-state index in [4.69, 9.17) is 9.47 Å². The summed E-state index contributed by atoms with van der Waals surface area (Å²) >= 11 is 0. The van der Waals surface area contributed by atoms with Crippen LogP contribution in [0.4, 0.5) is 0 Å². The van der Waals surface area contributed by atoms with Crippen molar-refractivity contribution in [2.75, 3.05) is 6.61 Å². The predicted octanol–water partition coefficient (Wildman–Crippen LogP) is 2.93. The first-order valence-electron chi connectivity index (χ1n) is 7.08. The van der Waals surface area contributed by atoms with E-state index in [2.05, 4.69) is 20.4 Å². The molecule has 0 aromatic heterocycles. The Kier molecular flexibility index (Phi) is 1.85. The predicted molar refractivity (Wildman–Crippen MR) is 65.7 cm³/mol. The highest BCUT2D eigenvalue weighted by Crippen LogP contribution is 2.68. The fourth-order valence-electron chi connectivity index (χ4n) is 4.97. The Balaban J connectivity index is 1.76. The van der Waals surface area contributed by atoms with Crippen LogP contribution in [0.3, 0.4) is 0 Å². The van der Waals surface area contributed by atoms with E-state index in [1.54, 1.807) is 0 Å². The number of ether oxygens (including phenoxy) is 2. The molecule has 0 N–H and O–H groups in total. The van der Waals surface area contributed by atoms with E-state index < -0.39 is 0 Å². The zero-order chi connectivity index (χ0) is 11.8. The van der Waals surface area contributed by atoms with Gasteiger partial charge in [0.05, 0.1) is 12.7 Å². The summed E-state index contributed by atoms with van der Waals surface area (Å²) in [6.07, 6.45) is 6.00. The van der Waals surface area contributed by atoms with Crippen LogP contribution in [0, 0.1) is 17.3 Å². The lowest BCUT2D eigenvalue weighted by Crippen LogP contribution is -2.52. The van der Waals surface area contributed by atoms with Crippen molar-refractivity contribution in [3.8, 4) is 0 Å². The van der Waals surface area contributed by atoms with E-state index in [-0.39, 0.29) is 5.60 Å². The van der Waals surface area contributed by atoms with Gasteiger partial charge in [0.25, 0.3) is 0 Å². The van der Waals surface area contributed by atoms with Gasteiger partial charge in [0, 0.05) is 5.41 Å². The molecule has 2 saturated carbocycles. The van der Waals surface area contributed by atoms with Crippen molar-refractivity contribution in [1.29, 1.82) is 0 Å². The zero-order valence-electron chi connectivity index (χ0n) is 10.9. The lowest BCUT2D eigenvalue weighted by Gasteiger charge is -2.49. The maximum absolute atomic E-state index is 6.22. The number of fused-ring (bicyclic) bond motifs is 2. The summed E-state index contributed by atoms with van der Waals surface area (Å²) < 4.78 is 12.1. The van der Waals surface area contributed by atoms with E-state index in [1.165, 1.54) is 31.3 Å². The smallest absolute Gasteiger partial charge is 0.144 e. The molecule has 6 atom stereocenters. The molecule has 0 aromatic rings. The molecule has 2 heterocycles. The molecule has 17 heavy (non-hydrogen) atoms. The fourth-order valence-corrected chi connectivity index (χ4v) is 4.97. The zero-order valence-corrected chi connectivity index (χ0v) is 10.9. The van der Waals surface area contributed by atoms with Crippen LogP contribution in [0.25, 0.3) is 0 Å². The molecule has 2 heteroatoms. The van der Waals surface area contributed by atoms with Crippen molar-refractivity contribution >= 4 is 0 Å². The average molecular weight is 234 g/mol. The lowest BCUT2D eigenvalue weighted by atomic mass is 9.53. The van der Waals surface area contributed by atoms with Crippen LogP contribution in [-0.2, 0) is 9.47 Å². The first-order chi connectivity index (χ1) is 8.10. The molecule has 4 rings (SSSR count). The van der Waals surface area contributed by atoms with Crippen molar-refractivity contribution in [1.82, 2.24) is 0 Å². The summed E-state index contributed by atoms with van der Waals surface area (Å²) in [6, 6.07) is 0. The normalized spacial score (nSPS) is 60.5. The van der Waals surface area contributed by atoms with Crippen molar-refractivity contribution in [2.24, 2.45) is 17.3 Å². The van der Waals surface area contributed by atoms with Crippen molar-refractivity contribution in [2.45, 2.75) is 57.3 Å². The highest BCUT2D eigenvalue weighted by molar-refractivity contribution is 5.37. The van der Waals surface area contributed by atoms with Crippen LogP contribution in [0.15, 0.2) is 12.2 Å². The molecule has 0 radical (unpaired) electrons. The van der Waals surface area contributed by atoms with Gasteiger partial charge >= 0.3 is 0 Å². The molecule has 0 bridgehead atoms. The first-order valence-corrected chi connectivity index (χ1v) is 7.08. The summed E-state index contributed by atoms with van der Waals surface area (Å²) in [5.41, 5.74) is 1.49. The van der Waals surface area contributed by atoms with Crippen molar-refractivity contribution in [3.63, 3.8) is 0 Å². The van der Waals surface area contributed by atoms with Crippen LogP contribution >= 0.6 is 0 Å². The van der Waals surface area contributed by atoms with Gasteiger partial charge in [-0.2, -0.15) is 0 Å². The van der Waals surface area contributed by atoms with E-state index in [0.29, 0.717) is 17.6 Å². The molecule has 2 aliphatic carbocycles. The molecule has 94 valence electrons. The summed E-state index contributed by atoms with van der Waals surface area (Å²) in [6.45, 7) is 9.79. The van der Waals surface area contributed by atoms with E-state index in [9.17, 15) is 0 Å². The molecule has 2 saturated heterocycles. The molecule has 2 aliphatic heterocycles. The topological polar surface area (TPSA) is 21.8 Å². The molecule has 1 spiro atoms. The maximum Gasteiger partial charge on any atom is 0.144 e. The Morgan fingerprint density at radius 3 is 3.00 bits per heavy atom. The van der Waals surface area contributed by atoms with Crippen molar-refractivity contribution < 1.29 is 9.47 Å². The standard InChI is InChI=1S/C15H22O2/c1-9-5-4-6-11-7-12-15(10(2)8-16-12)13(17-15)14(9,11)3/h9,11-13H,2,4-8H2,1,3H3/t9-,11+,12-,13-,14+,15+/m0/s1. The monoisotopic (exact) mass is 234 g/mol. The van der Waals surface area contributed by atoms with Crippen LogP contribution < -0.4 is 0 Å². The highest BCUT2D eigenvalue weighted by Gasteiger charge is 2.77. The molecule has 4 aliphatic rings. The van der Waals surface area contributed by atoms with Crippen LogP contribution in [-0.4, -0.2) is 24.4 Å². The Morgan fingerprint density at radius 2 is 2.18 bits per heavy atom. The van der Waals surface area contributed by atoms with Crippen LogP contribution in [0.1, 0.15) is 39.5 Å². The summed E-state index contributed by atoms with van der Waals surface area (Å²) in [5, 5.41) is 0. The highest BCUT2D eigenvalue weighted by atomic mass is 16.7. The maximum atomic E-state index is 6.22. The number of hydrogen-bond donors (Lipinski definition) is 0. The number of rotatable bonds is 0. The Labute approximate surface area is 103 Å². The SMILES string of the molecule is C=C1CO[C@H]2C[C@H]3CCC[C@H](C)[C@@]3(C)[C@@H]3O[C@]123. The third-order valence-electron chi connectivity index (χ3n) is 6.33. The van der Waals surface area contributed by atoms with Gasteiger partial charge in [-0.3, -0.25) is 0 Å². The van der Waals surface area contributed by atoms with Gasteiger partial charge in [-0.1, -0.05) is 33.3 Å². The van der Waals surface area contributed by atoms with Crippen LogP contribution in [0.5, 0.6) is 0 Å². The molecule has 2 nitrogen and oxygen atoms in total. The first kappa shape index (κ1) is 10.6. The van der Waals surface area contributed by atoms with Gasteiger partial charge in [0.15, 0.2) is 0 Å². The minimum absolute atomic E-state index is 0.0726. The van der Waals surface area contributed by atoms with Gasteiger partial charge in [0.1, 0.15) is 11.7 Å². The van der Waals surface area contributed by atoms with Gasteiger partial charge in [0.2, 0.25) is 0 Å². The van der Waals surface area contributed by atoms with Gasteiger partial charge in [-0.25, -0.2) is 0 Å². The molecule has 4 fully saturated rings. The molecular weight excluding hydrogens is 212 g/mol. The minimum atomic E-state index is -0.0726. The molecule has 0 unspecified atom stereocenters. The summed E-state index contributed by atoms with van der Waals surface area (Å²) in [7, 11) is 0. The quantitative estimate of drug-likeness (QED) is 0.475. The fraction of sp³-hybridized carbons (Fsp3) is 0.867. The van der Waals surface area contributed by atoms with Crippen molar-refractivity contribution in [3.05, 3.63) is 12.2 Å². The van der Waals surface area contributed by atoms with E-state index in [1.807, 2.05) is 0 Å².